The van der Waals surface area contributed by atoms with Crippen LogP contribution in [0.5, 0.6) is 0 Å². The topological polar surface area (TPSA) is 106 Å². The van der Waals surface area contributed by atoms with Crippen LogP contribution < -0.4 is 10.9 Å². The highest BCUT2D eigenvalue weighted by Gasteiger charge is 2.36. The van der Waals surface area contributed by atoms with E-state index in [0.717, 1.165) is 63.4 Å². The fraction of sp³-hybridized carbons (Fsp3) is 0.405. The lowest BCUT2D eigenvalue weighted by Crippen LogP contribution is -2.40. The van der Waals surface area contributed by atoms with Gasteiger partial charge >= 0.3 is 12.1 Å². The summed E-state index contributed by atoms with van der Waals surface area (Å²) < 4.78 is 59.1. The Labute approximate surface area is 281 Å². The number of aryl methyl sites for hydroxylation is 5. The maximum Gasteiger partial charge on any atom is 0.416 e. The molecule has 0 fully saturated rings. The lowest BCUT2D eigenvalue weighted by molar-refractivity contribution is -0.139. The van der Waals surface area contributed by atoms with Crippen molar-refractivity contribution in [2.75, 3.05) is 0 Å². The van der Waals surface area contributed by atoms with Crippen molar-refractivity contribution >= 4 is 11.9 Å². The molecular weight excluding hydrogens is 640 g/mol. The molecule has 2 unspecified atom stereocenters. The van der Waals surface area contributed by atoms with E-state index in [2.05, 4.69) is 10.3 Å². The molecule has 0 bridgehead atoms. The second kappa shape index (κ2) is 14.4. The van der Waals surface area contributed by atoms with E-state index in [-0.39, 0.29) is 36.7 Å². The first-order chi connectivity index (χ1) is 23.1. The van der Waals surface area contributed by atoms with Gasteiger partial charge in [-0.1, -0.05) is 19.9 Å². The maximum atomic E-state index is 14.2. The smallest absolute Gasteiger partial charge is 0.416 e. The Balaban J connectivity index is 1.56. The number of amides is 1. The summed E-state index contributed by atoms with van der Waals surface area (Å²) in [6.45, 7) is 7.45. The maximum absolute atomic E-state index is 14.2. The molecule has 2 N–H and O–H groups in total. The minimum atomic E-state index is -4.79. The number of carbonyl (C=O) groups excluding carboxylic acids is 1. The van der Waals surface area contributed by atoms with Gasteiger partial charge in [0.25, 0.3) is 5.56 Å². The number of carboxylic acids is 1. The van der Waals surface area contributed by atoms with Gasteiger partial charge in [-0.15, -0.1) is 0 Å². The first-order valence-corrected chi connectivity index (χ1v) is 16.3. The van der Waals surface area contributed by atoms with Crippen molar-refractivity contribution in [3.05, 3.63) is 110 Å². The summed E-state index contributed by atoms with van der Waals surface area (Å²) in [5.74, 6) is -2.36. The minimum Gasteiger partial charge on any atom is -0.481 e. The van der Waals surface area contributed by atoms with Crippen LogP contribution in [0.3, 0.4) is 0 Å². The van der Waals surface area contributed by atoms with Crippen LogP contribution in [0.4, 0.5) is 17.6 Å². The van der Waals surface area contributed by atoms with Gasteiger partial charge in [0, 0.05) is 31.2 Å². The molecule has 1 aliphatic carbocycles. The first kappa shape index (κ1) is 35.6. The second-order valence-corrected chi connectivity index (χ2v) is 13.3. The Kier molecular flexibility index (Phi) is 10.4. The number of imidazole rings is 1. The lowest BCUT2D eigenvalue weighted by atomic mass is 9.87. The molecule has 0 saturated heterocycles. The van der Waals surface area contributed by atoms with E-state index >= 15 is 0 Å². The molecule has 260 valence electrons. The van der Waals surface area contributed by atoms with Gasteiger partial charge in [0.15, 0.2) is 0 Å². The molecule has 49 heavy (non-hydrogen) atoms. The summed E-state index contributed by atoms with van der Waals surface area (Å²) in [4.78, 5) is 43.5. The number of fused-ring (bicyclic) bond motifs is 1. The van der Waals surface area contributed by atoms with Crippen LogP contribution in [0, 0.1) is 25.6 Å². The number of nitrogens with one attached hydrogen (secondary N) is 1. The number of aromatic nitrogens is 3. The van der Waals surface area contributed by atoms with Crippen molar-refractivity contribution in [3.8, 4) is 11.1 Å². The summed E-state index contributed by atoms with van der Waals surface area (Å²) in [7, 11) is 0. The number of rotatable bonds is 12. The lowest BCUT2D eigenvalue weighted by Gasteiger charge is -2.27. The standard InChI is InChI=1S/C37H40F4N4O4/c1-21(2)12-32(45-19-25(8-10-44-11-9-42-20-44)30(17-33(45)46)37(39,40)41)36(49)43-31(18-34(47)48)26-15-24-6-5-7-28(24)29(16-26)35-22(3)13-27(38)14-23(35)4/h9,11,13-17,19-21,31-32H,5-8,10,12,18H2,1-4H3,(H,43,49)(H,47,48). The average molecular weight is 681 g/mol. The van der Waals surface area contributed by atoms with E-state index < -0.39 is 47.7 Å². The number of nitrogens with zero attached hydrogens (tertiary/aromatic N) is 3. The molecule has 0 spiro atoms. The minimum absolute atomic E-state index is 0.0801. The van der Waals surface area contributed by atoms with Gasteiger partial charge < -0.3 is 19.6 Å². The largest absolute Gasteiger partial charge is 0.481 e. The Morgan fingerprint density at radius 2 is 1.78 bits per heavy atom. The third kappa shape index (κ3) is 8.12. The third-order valence-corrected chi connectivity index (χ3v) is 9.10. The number of alkyl halides is 3. The van der Waals surface area contributed by atoms with Gasteiger partial charge in [0.2, 0.25) is 5.91 Å². The molecule has 4 aromatic rings. The highest BCUT2D eigenvalue weighted by molar-refractivity contribution is 5.82. The van der Waals surface area contributed by atoms with E-state index in [4.69, 9.17) is 0 Å². The van der Waals surface area contributed by atoms with Crippen LogP contribution in [0.2, 0.25) is 0 Å². The third-order valence-electron chi connectivity index (χ3n) is 9.10. The molecule has 2 heterocycles. The van der Waals surface area contributed by atoms with Gasteiger partial charge in [-0.3, -0.25) is 14.4 Å². The van der Waals surface area contributed by atoms with Gasteiger partial charge in [-0.2, -0.15) is 13.2 Å². The van der Waals surface area contributed by atoms with Crippen molar-refractivity contribution in [1.82, 2.24) is 19.4 Å². The van der Waals surface area contributed by atoms with E-state index in [1.807, 2.05) is 39.8 Å². The quantitative estimate of drug-likeness (QED) is 0.155. The van der Waals surface area contributed by atoms with Crippen molar-refractivity contribution in [2.45, 2.75) is 91.0 Å². The molecule has 5 rings (SSSR count). The van der Waals surface area contributed by atoms with Crippen LogP contribution in [0.15, 0.2) is 60.0 Å². The second-order valence-electron chi connectivity index (χ2n) is 13.3. The van der Waals surface area contributed by atoms with Crippen LogP contribution in [-0.2, 0) is 41.6 Å². The van der Waals surface area contributed by atoms with Gasteiger partial charge in [-0.05, 0) is 115 Å². The fourth-order valence-electron chi connectivity index (χ4n) is 6.95. The van der Waals surface area contributed by atoms with Gasteiger partial charge in [-0.25, -0.2) is 9.37 Å². The Morgan fingerprint density at radius 1 is 1.06 bits per heavy atom. The number of halogens is 4. The zero-order valence-electron chi connectivity index (χ0n) is 27.9. The fourth-order valence-corrected chi connectivity index (χ4v) is 6.95. The first-order valence-electron chi connectivity index (χ1n) is 16.3. The number of benzene rings is 2. The number of hydrogen-bond donors (Lipinski definition) is 2. The number of carbonyl (C=O) groups is 2. The Bertz CT molecular complexity index is 1890. The summed E-state index contributed by atoms with van der Waals surface area (Å²) in [6, 6.07) is 4.94. The highest BCUT2D eigenvalue weighted by atomic mass is 19.4. The molecule has 2 aromatic carbocycles. The predicted molar refractivity (Wildman–Crippen MR) is 177 cm³/mol. The van der Waals surface area contributed by atoms with Crippen LogP contribution in [0.25, 0.3) is 11.1 Å². The molecule has 1 aliphatic rings. The van der Waals surface area contributed by atoms with E-state index in [1.54, 1.807) is 10.8 Å². The summed E-state index contributed by atoms with van der Waals surface area (Å²) in [6.07, 6.45) is 2.91. The summed E-state index contributed by atoms with van der Waals surface area (Å²) in [5.41, 5.74) is 3.59. The van der Waals surface area contributed by atoms with Crippen LogP contribution in [-0.4, -0.2) is 31.1 Å². The van der Waals surface area contributed by atoms with E-state index in [9.17, 15) is 37.1 Å². The number of aliphatic carboxylic acids is 1. The molecule has 2 aromatic heterocycles. The zero-order chi connectivity index (χ0) is 35.6. The number of carboxylic acid groups (broad SMARTS) is 1. The van der Waals surface area contributed by atoms with Crippen molar-refractivity contribution in [1.29, 1.82) is 0 Å². The normalized spacial score (nSPS) is 14.1. The van der Waals surface area contributed by atoms with Gasteiger partial charge in [0.1, 0.15) is 11.9 Å². The predicted octanol–water partition coefficient (Wildman–Crippen LogP) is 7.14. The van der Waals surface area contributed by atoms with Crippen molar-refractivity contribution in [3.63, 3.8) is 0 Å². The average Bonchev–Trinajstić information content (AvgIpc) is 3.70. The van der Waals surface area contributed by atoms with E-state index in [0.29, 0.717) is 11.6 Å². The molecule has 0 radical (unpaired) electrons. The number of pyridine rings is 1. The highest BCUT2D eigenvalue weighted by Crippen LogP contribution is 2.39. The summed E-state index contributed by atoms with van der Waals surface area (Å²) >= 11 is 0. The SMILES string of the molecule is Cc1cc(F)cc(C)c1-c1cc(C(CC(=O)O)NC(=O)C(CC(C)C)n2cc(CCn3ccnc3)c(C(F)(F)F)cc2=O)cc2c1CCC2. The molecule has 0 aliphatic heterocycles. The summed E-state index contributed by atoms with van der Waals surface area (Å²) in [5, 5.41) is 12.8. The number of hydrogen-bond acceptors (Lipinski definition) is 4. The molecule has 0 saturated carbocycles. The van der Waals surface area contributed by atoms with E-state index in [1.165, 1.54) is 24.7 Å². The monoisotopic (exact) mass is 680 g/mol. The Morgan fingerprint density at radius 3 is 2.39 bits per heavy atom. The molecule has 2 atom stereocenters. The molecule has 12 heteroatoms. The van der Waals surface area contributed by atoms with Crippen LogP contribution >= 0.6 is 0 Å². The zero-order valence-corrected chi connectivity index (χ0v) is 27.9. The Hall–Kier alpha value is -4.74. The molecular formula is C37H40F4N4O4. The molecule has 8 nitrogen and oxygen atoms in total. The molecule has 1 amide bonds. The van der Waals surface area contributed by atoms with Crippen molar-refractivity contribution in [2.24, 2.45) is 5.92 Å². The van der Waals surface area contributed by atoms with Crippen molar-refractivity contribution < 1.29 is 32.3 Å². The van der Waals surface area contributed by atoms with Gasteiger partial charge in [0.05, 0.1) is 24.4 Å². The van der Waals surface area contributed by atoms with Crippen LogP contribution in [0.1, 0.15) is 84.1 Å².